The van der Waals surface area contributed by atoms with Gasteiger partial charge in [-0.25, -0.2) is 9.18 Å². The molecule has 0 atom stereocenters. The molecule has 7 heteroatoms. The Bertz CT molecular complexity index is 608. The van der Waals surface area contributed by atoms with Crippen LogP contribution in [0, 0.1) is 5.82 Å². The van der Waals surface area contributed by atoms with Crippen molar-refractivity contribution in [2.45, 2.75) is 38.1 Å². The quantitative estimate of drug-likeness (QED) is 0.865. The van der Waals surface area contributed by atoms with Gasteiger partial charge in [-0.2, -0.15) is 0 Å². The standard InChI is InChI=1S/C19H27FN4O2/c20-15-6-8-17(9-7-15)21-18(25)14-23-10-12-24(13-11-23)19(26)22-16-4-2-1-3-5-16/h6-9,16H,1-5,10-14H2,(H,21,25)(H,22,26). The Balaban J connectivity index is 1.38. The summed E-state index contributed by atoms with van der Waals surface area (Å²) in [5.74, 6) is -0.456. The summed E-state index contributed by atoms with van der Waals surface area (Å²) < 4.78 is 12.9. The molecule has 1 aromatic rings. The van der Waals surface area contributed by atoms with Gasteiger partial charge in [-0.05, 0) is 37.1 Å². The zero-order valence-electron chi connectivity index (χ0n) is 15.0. The van der Waals surface area contributed by atoms with Crippen molar-refractivity contribution >= 4 is 17.6 Å². The monoisotopic (exact) mass is 362 g/mol. The Labute approximate surface area is 153 Å². The van der Waals surface area contributed by atoms with Crippen LogP contribution >= 0.6 is 0 Å². The van der Waals surface area contributed by atoms with Gasteiger partial charge < -0.3 is 15.5 Å². The molecule has 2 fully saturated rings. The van der Waals surface area contributed by atoms with Crippen LogP contribution in [0.1, 0.15) is 32.1 Å². The fraction of sp³-hybridized carbons (Fsp3) is 0.579. The van der Waals surface area contributed by atoms with E-state index in [2.05, 4.69) is 10.6 Å². The lowest BCUT2D eigenvalue weighted by molar-refractivity contribution is -0.117. The van der Waals surface area contributed by atoms with Crippen LogP contribution < -0.4 is 10.6 Å². The van der Waals surface area contributed by atoms with Gasteiger partial charge in [-0.15, -0.1) is 0 Å². The minimum atomic E-state index is -0.328. The van der Waals surface area contributed by atoms with Gasteiger partial charge in [-0.3, -0.25) is 9.69 Å². The van der Waals surface area contributed by atoms with Gasteiger partial charge in [0, 0.05) is 37.9 Å². The number of hydrogen-bond acceptors (Lipinski definition) is 3. The molecule has 1 heterocycles. The van der Waals surface area contributed by atoms with Crippen LogP contribution in [0.5, 0.6) is 0 Å². The Morgan fingerprint density at radius 3 is 2.31 bits per heavy atom. The minimum Gasteiger partial charge on any atom is -0.335 e. The molecule has 1 aliphatic heterocycles. The van der Waals surface area contributed by atoms with Crippen molar-refractivity contribution in [3.8, 4) is 0 Å². The van der Waals surface area contributed by atoms with Crippen LogP contribution in [0.15, 0.2) is 24.3 Å². The number of piperazine rings is 1. The number of nitrogens with one attached hydrogen (secondary N) is 2. The topological polar surface area (TPSA) is 64.7 Å². The highest BCUT2D eigenvalue weighted by atomic mass is 19.1. The van der Waals surface area contributed by atoms with Crippen molar-refractivity contribution in [2.75, 3.05) is 38.0 Å². The molecule has 0 bridgehead atoms. The molecule has 3 amide bonds. The predicted molar refractivity (Wildman–Crippen MR) is 98.4 cm³/mol. The molecule has 1 aromatic carbocycles. The van der Waals surface area contributed by atoms with Gasteiger partial charge in [0.15, 0.2) is 0 Å². The first kappa shape index (κ1) is 18.6. The van der Waals surface area contributed by atoms with E-state index in [1.54, 1.807) is 12.1 Å². The van der Waals surface area contributed by atoms with E-state index in [0.29, 0.717) is 37.9 Å². The van der Waals surface area contributed by atoms with E-state index in [-0.39, 0.29) is 24.3 Å². The van der Waals surface area contributed by atoms with Gasteiger partial charge in [0.2, 0.25) is 5.91 Å². The van der Waals surface area contributed by atoms with E-state index in [9.17, 15) is 14.0 Å². The third kappa shape index (κ3) is 5.42. The van der Waals surface area contributed by atoms with Crippen LogP contribution in [0.25, 0.3) is 0 Å². The minimum absolute atomic E-state index is 0.0207. The summed E-state index contributed by atoms with van der Waals surface area (Å²) >= 11 is 0. The number of rotatable bonds is 4. The molecular weight excluding hydrogens is 335 g/mol. The molecule has 0 unspecified atom stereocenters. The molecule has 0 radical (unpaired) electrons. The normalized spacial score (nSPS) is 19.2. The number of carbonyl (C=O) groups excluding carboxylic acids is 2. The maximum absolute atomic E-state index is 12.9. The second kappa shape index (κ2) is 8.98. The molecule has 1 aliphatic carbocycles. The van der Waals surface area contributed by atoms with Crippen LogP contribution in [-0.4, -0.2) is 60.5 Å². The van der Waals surface area contributed by atoms with Crippen molar-refractivity contribution in [1.82, 2.24) is 15.1 Å². The van der Waals surface area contributed by atoms with Crippen LogP contribution in [0.4, 0.5) is 14.9 Å². The van der Waals surface area contributed by atoms with E-state index in [4.69, 9.17) is 0 Å². The van der Waals surface area contributed by atoms with Crippen molar-refractivity contribution in [3.63, 3.8) is 0 Å². The summed E-state index contributed by atoms with van der Waals surface area (Å²) in [5.41, 5.74) is 0.585. The van der Waals surface area contributed by atoms with Crippen molar-refractivity contribution in [1.29, 1.82) is 0 Å². The third-order valence-corrected chi connectivity index (χ3v) is 5.09. The highest BCUT2D eigenvalue weighted by Gasteiger charge is 2.24. The molecule has 0 aromatic heterocycles. The highest BCUT2D eigenvalue weighted by molar-refractivity contribution is 5.92. The average molecular weight is 362 g/mol. The second-order valence-electron chi connectivity index (χ2n) is 7.10. The summed E-state index contributed by atoms with van der Waals surface area (Å²) in [6.07, 6.45) is 5.82. The zero-order valence-corrected chi connectivity index (χ0v) is 15.0. The molecule has 1 saturated carbocycles. The Hall–Kier alpha value is -2.15. The molecular formula is C19H27FN4O2. The molecule has 1 saturated heterocycles. The number of urea groups is 1. The lowest BCUT2D eigenvalue weighted by Crippen LogP contribution is -2.54. The van der Waals surface area contributed by atoms with Crippen LogP contribution in [0.3, 0.4) is 0 Å². The Morgan fingerprint density at radius 2 is 1.65 bits per heavy atom. The highest BCUT2D eigenvalue weighted by Crippen LogP contribution is 2.17. The smallest absolute Gasteiger partial charge is 0.317 e. The first-order valence-corrected chi connectivity index (χ1v) is 9.43. The Morgan fingerprint density at radius 1 is 1.00 bits per heavy atom. The van der Waals surface area contributed by atoms with E-state index < -0.39 is 0 Å². The lowest BCUT2D eigenvalue weighted by Gasteiger charge is -2.35. The van der Waals surface area contributed by atoms with Gasteiger partial charge in [0.05, 0.1) is 6.54 Å². The van der Waals surface area contributed by atoms with Gasteiger partial charge in [-0.1, -0.05) is 19.3 Å². The SMILES string of the molecule is O=C(CN1CCN(C(=O)NC2CCCCC2)CC1)Nc1ccc(F)cc1. The molecule has 142 valence electrons. The van der Waals surface area contributed by atoms with Gasteiger partial charge >= 0.3 is 6.03 Å². The molecule has 2 aliphatic rings. The maximum atomic E-state index is 12.9. The van der Waals surface area contributed by atoms with Crippen molar-refractivity contribution in [3.05, 3.63) is 30.1 Å². The number of anilines is 1. The first-order valence-electron chi connectivity index (χ1n) is 9.43. The predicted octanol–water partition coefficient (Wildman–Crippen LogP) is 2.42. The number of hydrogen-bond donors (Lipinski definition) is 2. The summed E-state index contributed by atoms with van der Waals surface area (Å²) in [7, 11) is 0. The van der Waals surface area contributed by atoms with Gasteiger partial charge in [0.25, 0.3) is 0 Å². The number of amides is 3. The fourth-order valence-electron chi connectivity index (χ4n) is 3.56. The summed E-state index contributed by atoms with van der Waals surface area (Å²) in [6, 6.07) is 6.06. The number of benzene rings is 1. The van der Waals surface area contributed by atoms with Gasteiger partial charge in [0.1, 0.15) is 5.82 Å². The zero-order chi connectivity index (χ0) is 18.4. The maximum Gasteiger partial charge on any atom is 0.317 e. The third-order valence-electron chi connectivity index (χ3n) is 5.09. The van der Waals surface area contributed by atoms with Crippen LogP contribution in [-0.2, 0) is 4.79 Å². The fourth-order valence-corrected chi connectivity index (χ4v) is 3.56. The van der Waals surface area contributed by atoms with Crippen LogP contribution in [0.2, 0.25) is 0 Å². The van der Waals surface area contributed by atoms with E-state index >= 15 is 0 Å². The second-order valence-corrected chi connectivity index (χ2v) is 7.10. The van der Waals surface area contributed by atoms with E-state index in [0.717, 1.165) is 12.8 Å². The molecule has 26 heavy (non-hydrogen) atoms. The Kier molecular flexibility index (Phi) is 6.44. The summed E-state index contributed by atoms with van der Waals surface area (Å²) in [6.45, 7) is 2.88. The largest absolute Gasteiger partial charge is 0.335 e. The lowest BCUT2D eigenvalue weighted by atomic mass is 9.96. The first-order chi connectivity index (χ1) is 12.6. The molecule has 2 N–H and O–H groups in total. The molecule has 6 nitrogen and oxygen atoms in total. The number of halogens is 1. The average Bonchev–Trinajstić information content (AvgIpc) is 2.65. The molecule has 3 rings (SSSR count). The number of carbonyl (C=O) groups is 2. The summed E-state index contributed by atoms with van der Waals surface area (Å²) in [5, 5.41) is 5.90. The molecule has 0 spiro atoms. The van der Waals surface area contributed by atoms with E-state index in [1.165, 1.54) is 31.4 Å². The van der Waals surface area contributed by atoms with E-state index in [1.807, 2.05) is 9.80 Å². The van der Waals surface area contributed by atoms with Crippen molar-refractivity contribution < 1.29 is 14.0 Å². The summed E-state index contributed by atoms with van der Waals surface area (Å²) in [4.78, 5) is 28.3. The van der Waals surface area contributed by atoms with Crippen molar-refractivity contribution in [2.24, 2.45) is 0 Å². The number of nitrogens with zero attached hydrogens (tertiary/aromatic N) is 2.